The van der Waals surface area contributed by atoms with Gasteiger partial charge in [0.15, 0.2) is 5.82 Å². The summed E-state index contributed by atoms with van der Waals surface area (Å²) in [6, 6.07) is -0.222. The molecule has 0 spiro atoms. The predicted octanol–water partition coefficient (Wildman–Crippen LogP) is 1.03. The molecule has 23 heavy (non-hydrogen) atoms. The van der Waals surface area contributed by atoms with Gasteiger partial charge in [-0.05, 0) is 12.3 Å². The summed E-state index contributed by atoms with van der Waals surface area (Å²) >= 11 is 0. The highest BCUT2D eigenvalue weighted by Gasteiger charge is 2.20. The minimum absolute atomic E-state index is 0.163. The molecule has 1 aliphatic heterocycles. The van der Waals surface area contributed by atoms with Crippen molar-refractivity contribution in [3.8, 4) is 0 Å². The molecule has 0 aliphatic carbocycles. The van der Waals surface area contributed by atoms with Crippen molar-refractivity contribution in [2.45, 2.75) is 39.7 Å². The largest absolute Gasteiger partial charge is 0.341 e. The van der Waals surface area contributed by atoms with Gasteiger partial charge in [0.2, 0.25) is 11.8 Å². The molecule has 3 amide bonds. The summed E-state index contributed by atoms with van der Waals surface area (Å²) in [6.07, 6.45) is 2.27. The second-order valence-electron chi connectivity index (χ2n) is 6.27. The number of amides is 3. The predicted molar refractivity (Wildman–Crippen MR) is 83.5 cm³/mol. The Balaban J connectivity index is 1.71. The summed E-state index contributed by atoms with van der Waals surface area (Å²) < 4.78 is 5.15. The molecule has 8 heteroatoms. The van der Waals surface area contributed by atoms with Gasteiger partial charge in [-0.25, -0.2) is 4.79 Å². The first kappa shape index (κ1) is 17.2. The molecule has 1 N–H and O–H groups in total. The molecule has 2 heterocycles. The zero-order valence-corrected chi connectivity index (χ0v) is 14.0. The lowest BCUT2D eigenvalue weighted by Gasteiger charge is -2.19. The van der Waals surface area contributed by atoms with Crippen LogP contribution in [-0.2, 0) is 17.8 Å². The van der Waals surface area contributed by atoms with Crippen LogP contribution in [0.15, 0.2) is 4.52 Å². The highest BCUT2D eigenvalue weighted by Crippen LogP contribution is 2.08. The molecule has 8 nitrogen and oxygen atoms in total. The number of nitrogens with one attached hydrogen (secondary N) is 1. The van der Waals surface area contributed by atoms with Crippen molar-refractivity contribution in [1.82, 2.24) is 25.3 Å². The Labute approximate surface area is 136 Å². The van der Waals surface area contributed by atoms with Crippen LogP contribution in [0.3, 0.4) is 0 Å². The van der Waals surface area contributed by atoms with Crippen molar-refractivity contribution in [3.05, 3.63) is 11.7 Å². The maximum Gasteiger partial charge on any atom is 0.317 e. The summed E-state index contributed by atoms with van der Waals surface area (Å²) in [6.45, 7) is 6.21. The van der Waals surface area contributed by atoms with Crippen LogP contribution in [-0.4, -0.2) is 58.6 Å². The second kappa shape index (κ2) is 7.94. The van der Waals surface area contributed by atoms with E-state index >= 15 is 0 Å². The van der Waals surface area contributed by atoms with Gasteiger partial charge in [-0.15, -0.1) is 0 Å². The molecule has 0 aromatic carbocycles. The van der Waals surface area contributed by atoms with Crippen LogP contribution in [0.2, 0.25) is 0 Å². The molecule has 1 aromatic heterocycles. The molecule has 128 valence electrons. The first-order valence-corrected chi connectivity index (χ1v) is 8.04. The topological polar surface area (TPSA) is 91.6 Å². The number of rotatable bonds is 7. The van der Waals surface area contributed by atoms with Crippen molar-refractivity contribution in [1.29, 1.82) is 0 Å². The number of nitrogens with zero attached hydrogens (tertiary/aromatic N) is 4. The fourth-order valence-electron chi connectivity index (χ4n) is 2.45. The van der Waals surface area contributed by atoms with E-state index in [9.17, 15) is 9.59 Å². The number of carbonyl (C=O) groups is 2. The van der Waals surface area contributed by atoms with Crippen LogP contribution in [0.25, 0.3) is 0 Å². The van der Waals surface area contributed by atoms with Crippen molar-refractivity contribution in [2.24, 2.45) is 5.92 Å². The Kier molecular flexibility index (Phi) is 5.95. The Morgan fingerprint density at radius 1 is 1.48 bits per heavy atom. The molecule has 1 aromatic rings. The third-order valence-corrected chi connectivity index (χ3v) is 3.65. The van der Waals surface area contributed by atoms with E-state index in [4.69, 9.17) is 4.52 Å². The van der Waals surface area contributed by atoms with Crippen molar-refractivity contribution >= 4 is 11.9 Å². The third kappa shape index (κ3) is 5.22. The van der Waals surface area contributed by atoms with E-state index in [1.54, 1.807) is 11.9 Å². The zero-order chi connectivity index (χ0) is 16.8. The monoisotopic (exact) mass is 323 g/mol. The van der Waals surface area contributed by atoms with Crippen LogP contribution in [0.1, 0.15) is 38.4 Å². The molecule has 0 bridgehead atoms. The van der Waals surface area contributed by atoms with E-state index < -0.39 is 0 Å². The molecule has 0 saturated carbocycles. The van der Waals surface area contributed by atoms with E-state index in [-0.39, 0.29) is 18.5 Å². The second-order valence-corrected chi connectivity index (χ2v) is 6.27. The lowest BCUT2D eigenvalue weighted by Crippen LogP contribution is -2.41. The summed E-state index contributed by atoms with van der Waals surface area (Å²) in [7, 11) is 1.67. The molecule has 1 aliphatic rings. The molecule has 0 atom stereocenters. The Morgan fingerprint density at radius 3 is 2.91 bits per heavy atom. The normalized spacial score (nSPS) is 14.6. The molecule has 2 rings (SSSR count). The third-order valence-electron chi connectivity index (χ3n) is 3.65. The summed E-state index contributed by atoms with van der Waals surface area (Å²) in [5.74, 6) is 1.70. The number of likely N-dealkylation sites (tertiary alicyclic amines) is 1. The van der Waals surface area contributed by atoms with Gasteiger partial charge in [0.05, 0.1) is 0 Å². The first-order chi connectivity index (χ1) is 11.0. The average Bonchev–Trinajstić information content (AvgIpc) is 3.08. The first-order valence-electron chi connectivity index (χ1n) is 8.04. The average molecular weight is 323 g/mol. The summed E-state index contributed by atoms with van der Waals surface area (Å²) in [5.41, 5.74) is 0. The van der Waals surface area contributed by atoms with Gasteiger partial charge >= 0.3 is 6.03 Å². The molecule has 0 radical (unpaired) electrons. The van der Waals surface area contributed by atoms with Crippen LogP contribution in [0.4, 0.5) is 4.79 Å². The standard InChI is InChI=1S/C15H25N5O3/c1-11(2)9-12-17-13(23-18-12)10-19(3)15(22)16-6-8-20-7-4-5-14(20)21/h11H,4-10H2,1-3H3,(H,16,22). The number of carbonyl (C=O) groups excluding carboxylic acids is 2. The molecular weight excluding hydrogens is 298 g/mol. The van der Waals surface area contributed by atoms with Crippen molar-refractivity contribution in [2.75, 3.05) is 26.7 Å². The molecular formula is C15H25N5O3. The van der Waals surface area contributed by atoms with Crippen LogP contribution in [0, 0.1) is 5.92 Å². The Hall–Kier alpha value is -2.12. The summed E-state index contributed by atoms with van der Waals surface area (Å²) in [5, 5.41) is 6.70. The van der Waals surface area contributed by atoms with Crippen LogP contribution < -0.4 is 5.32 Å². The molecule has 1 fully saturated rings. The highest BCUT2D eigenvalue weighted by molar-refractivity contribution is 5.78. The van der Waals surface area contributed by atoms with Gasteiger partial charge in [0, 0.05) is 39.5 Å². The molecule has 0 unspecified atom stereocenters. The lowest BCUT2D eigenvalue weighted by molar-refractivity contribution is -0.127. The minimum atomic E-state index is -0.222. The lowest BCUT2D eigenvalue weighted by atomic mass is 10.1. The SMILES string of the molecule is CC(C)Cc1noc(CN(C)C(=O)NCCN2CCCC2=O)n1. The van der Waals surface area contributed by atoms with Crippen molar-refractivity contribution < 1.29 is 14.1 Å². The van der Waals surface area contributed by atoms with E-state index in [0.29, 0.717) is 37.1 Å². The summed E-state index contributed by atoms with van der Waals surface area (Å²) in [4.78, 5) is 31.0. The number of hydrogen-bond acceptors (Lipinski definition) is 5. The molecule has 1 saturated heterocycles. The number of hydrogen-bond donors (Lipinski definition) is 1. The van der Waals surface area contributed by atoms with Gasteiger partial charge in [-0.1, -0.05) is 19.0 Å². The van der Waals surface area contributed by atoms with Gasteiger partial charge in [0.25, 0.3) is 0 Å². The van der Waals surface area contributed by atoms with E-state index in [0.717, 1.165) is 19.4 Å². The van der Waals surface area contributed by atoms with Gasteiger partial charge in [-0.2, -0.15) is 4.98 Å². The minimum Gasteiger partial charge on any atom is -0.341 e. The smallest absolute Gasteiger partial charge is 0.317 e. The van der Waals surface area contributed by atoms with Gasteiger partial charge in [0.1, 0.15) is 6.54 Å². The quantitative estimate of drug-likeness (QED) is 0.809. The van der Waals surface area contributed by atoms with Crippen molar-refractivity contribution in [3.63, 3.8) is 0 Å². The fourth-order valence-corrected chi connectivity index (χ4v) is 2.45. The van der Waals surface area contributed by atoms with Gasteiger partial charge in [-0.3, -0.25) is 4.79 Å². The Morgan fingerprint density at radius 2 is 2.26 bits per heavy atom. The maximum atomic E-state index is 12.0. The number of urea groups is 1. The fraction of sp³-hybridized carbons (Fsp3) is 0.733. The highest BCUT2D eigenvalue weighted by atomic mass is 16.5. The Bertz CT molecular complexity index is 543. The zero-order valence-electron chi connectivity index (χ0n) is 14.0. The van der Waals surface area contributed by atoms with Crippen LogP contribution >= 0.6 is 0 Å². The van der Waals surface area contributed by atoms with Crippen LogP contribution in [0.5, 0.6) is 0 Å². The van der Waals surface area contributed by atoms with E-state index in [1.807, 2.05) is 0 Å². The maximum absolute atomic E-state index is 12.0. The van der Waals surface area contributed by atoms with E-state index in [2.05, 4.69) is 29.3 Å². The number of aromatic nitrogens is 2. The van der Waals surface area contributed by atoms with E-state index in [1.165, 1.54) is 4.90 Å². The van der Waals surface area contributed by atoms with Gasteiger partial charge < -0.3 is 19.6 Å².